The lowest BCUT2D eigenvalue weighted by Gasteiger charge is -2.08. The van der Waals surface area contributed by atoms with Gasteiger partial charge in [-0.05, 0) is 19.1 Å². The highest BCUT2D eigenvalue weighted by Crippen LogP contribution is 2.30. The van der Waals surface area contributed by atoms with Crippen molar-refractivity contribution in [2.75, 3.05) is 0 Å². The SMILES string of the molecule is Cc1c(O)n(-c2cc(C(F)(F)F)ccn2)c(=O)n1C. The number of hydrogen-bond donors (Lipinski definition) is 1. The van der Waals surface area contributed by atoms with Crippen LogP contribution in [0.1, 0.15) is 11.3 Å². The molecule has 5 nitrogen and oxygen atoms in total. The molecule has 2 aromatic rings. The van der Waals surface area contributed by atoms with Crippen LogP contribution in [0, 0.1) is 6.92 Å². The Hall–Kier alpha value is -2.25. The Bertz CT molecular complexity index is 685. The van der Waals surface area contributed by atoms with E-state index >= 15 is 0 Å². The first-order chi connectivity index (χ1) is 8.73. The lowest BCUT2D eigenvalue weighted by atomic mass is 10.2. The van der Waals surface area contributed by atoms with Crippen LogP contribution in [0.3, 0.4) is 0 Å². The molecule has 0 radical (unpaired) electrons. The fourth-order valence-electron chi connectivity index (χ4n) is 1.62. The minimum Gasteiger partial charge on any atom is -0.493 e. The first kappa shape index (κ1) is 13.2. The van der Waals surface area contributed by atoms with Crippen molar-refractivity contribution in [2.45, 2.75) is 13.1 Å². The standard InChI is InChI=1S/C11H10F3N3O2/c1-6-9(18)17(10(19)16(6)2)8-5-7(3-4-15-8)11(12,13)14/h3-5,18H,1-2H3. The summed E-state index contributed by atoms with van der Waals surface area (Å²) in [6.45, 7) is 1.47. The van der Waals surface area contributed by atoms with Crippen molar-refractivity contribution in [3.63, 3.8) is 0 Å². The van der Waals surface area contributed by atoms with Crippen LogP contribution in [-0.2, 0) is 13.2 Å². The van der Waals surface area contributed by atoms with Crippen LogP contribution in [0.25, 0.3) is 5.82 Å². The number of nitrogens with zero attached hydrogens (tertiary/aromatic N) is 3. The molecule has 0 aromatic carbocycles. The van der Waals surface area contributed by atoms with Gasteiger partial charge >= 0.3 is 11.9 Å². The second-order valence-electron chi connectivity index (χ2n) is 3.99. The van der Waals surface area contributed by atoms with Crippen molar-refractivity contribution >= 4 is 0 Å². The second-order valence-corrected chi connectivity index (χ2v) is 3.99. The molecule has 0 aliphatic heterocycles. The fourth-order valence-corrected chi connectivity index (χ4v) is 1.62. The Morgan fingerprint density at radius 2 is 2.00 bits per heavy atom. The number of imidazole rings is 1. The van der Waals surface area contributed by atoms with Gasteiger partial charge in [0.15, 0.2) is 0 Å². The highest BCUT2D eigenvalue weighted by molar-refractivity contribution is 5.35. The smallest absolute Gasteiger partial charge is 0.416 e. The van der Waals surface area contributed by atoms with Crippen molar-refractivity contribution in [1.82, 2.24) is 14.1 Å². The zero-order valence-electron chi connectivity index (χ0n) is 10.1. The maximum absolute atomic E-state index is 12.6. The van der Waals surface area contributed by atoms with E-state index in [9.17, 15) is 23.1 Å². The van der Waals surface area contributed by atoms with E-state index in [0.717, 1.165) is 21.4 Å². The molecular weight excluding hydrogens is 263 g/mol. The van der Waals surface area contributed by atoms with Crippen LogP contribution < -0.4 is 5.69 Å². The number of halogens is 3. The predicted molar refractivity (Wildman–Crippen MR) is 60.2 cm³/mol. The Morgan fingerprint density at radius 3 is 2.47 bits per heavy atom. The summed E-state index contributed by atoms with van der Waals surface area (Å²) in [5.74, 6) is -0.708. The van der Waals surface area contributed by atoms with E-state index < -0.39 is 23.3 Å². The summed E-state index contributed by atoms with van der Waals surface area (Å²) in [4.78, 5) is 15.5. The van der Waals surface area contributed by atoms with Crippen LogP contribution in [-0.4, -0.2) is 19.2 Å². The summed E-state index contributed by atoms with van der Waals surface area (Å²) < 4.78 is 39.6. The summed E-state index contributed by atoms with van der Waals surface area (Å²) >= 11 is 0. The molecule has 1 N–H and O–H groups in total. The van der Waals surface area contributed by atoms with Crippen LogP contribution >= 0.6 is 0 Å². The molecule has 0 aliphatic rings. The third-order valence-electron chi connectivity index (χ3n) is 2.82. The highest BCUT2D eigenvalue weighted by atomic mass is 19.4. The molecule has 0 fully saturated rings. The maximum atomic E-state index is 12.6. The Labute approximate surface area is 105 Å². The first-order valence-electron chi connectivity index (χ1n) is 5.24. The second kappa shape index (κ2) is 4.15. The van der Waals surface area contributed by atoms with Gasteiger partial charge in [0.25, 0.3) is 0 Å². The van der Waals surface area contributed by atoms with Gasteiger partial charge in [0.2, 0.25) is 5.88 Å². The molecule has 2 rings (SSSR count). The van der Waals surface area contributed by atoms with Crippen LogP contribution in [0.4, 0.5) is 13.2 Å². The molecule has 2 aromatic heterocycles. The number of alkyl halides is 3. The van der Waals surface area contributed by atoms with E-state index in [1.165, 1.54) is 14.0 Å². The molecular formula is C11H10F3N3O2. The van der Waals surface area contributed by atoms with Crippen molar-refractivity contribution in [2.24, 2.45) is 7.05 Å². The van der Waals surface area contributed by atoms with E-state index in [4.69, 9.17) is 0 Å². The maximum Gasteiger partial charge on any atom is 0.416 e. The molecule has 0 aliphatic carbocycles. The molecule has 0 saturated heterocycles. The quantitative estimate of drug-likeness (QED) is 0.858. The average Bonchev–Trinajstić information content (AvgIpc) is 2.53. The Kier molecular flexibility index (Phi) is 2.88. The van der Waals surface area contributed by atoms with Gasteiger partial charge in [-0.2, -0.15) is 13.2 Å². The topological polar surface area (TPSA) is 60.0 Å². The van der Waals surface area contributed by atoms with Crippen molar-refractivity contribution in [1.29, 1.82) is 0 Å². The molecule has 102 valence electrons. The number of rotatable bonds is 1. The zero-order valence-corrected chi connectivity index (χ0v) is 10.1. The highest BCUT2D eigenvalue weighted by Gasteiger charge is 2.31. The normalized spacial score (nSPS) is 11.8. The number of aromatic hydroxyl groups is 1. The van der Waals surface area contributed by atoms with E-state index in [1.807, 2.05) is 0 Å². The van der Waals surface area contributed by atoms with Crippen molar-refractivity contribution < 1.29 is 18.3 Å². The van der Waals surface area contributed by atoms with Gasteiger partial charge in [0.1, 0.15) is 5.82 Å². The Morgan fingerprint density at radius 1 is 1.37 bits per heavy atom. The third kappa shape index (κ3) is 2.09. The summed E-state index contributed by atoms with van der Waals surface area (Å²) in [5.41, 5.74) is -1.36. The van der Waals surface area contributed by atoms with E-state index in [2.05, 4.69) is 4.98 Å². The van der Waals surface area contributed by atoms with E-state index in [-0.39, 0.29) is 11.5 Å². The molecule has 0 saturated carbocycles. The van der Waals surface area contributed by atoms with Gasteiger partial charge < -0.3 is 5.11 Å². The molecule has 0 amide bonds. The minimum atomic E-state index is -4.54. The van der Waals surface area contributed by atoms with Gasteiger partial charge in [-0.25, -0.2) is 14.3 Å². The molecule has 8 heteroatoms. The van der Waals surface area contributed by atoms with Crippen LogP contribution in [0.2, 0.25) is 0 Å². The summed E-state index contributed by atoms with van der Waals surface area (Å²) in [6.07, 6.45) is -3.60. The largest absolute Gasteiger partial charge is 0.493 e. The molecule has 2 heterocycles. The molecule has 0 spiro atoms. The summed E-state index contributed by atoms with van der Waals surface area (Å²) in [7, 11) is 1.40. The molecule has 19 heavy (non-hydrogen) atoms. The van der Waals surface area contributed by atoms with Crippen LogP contribution in [0.5, 0.6) is 5.88 Å². The van der Waals surface area contributed by atoms with Crippen LogP contribution in [0.15, 0.2) is 23.1 Å². The predicted octanol–water partition coefficient (Wildman–Crippen LogP) is 1.60. The van der Waals surface area contributed by atoms with Gasteiger partial charge in [0, 0.05) is 13.2 Å². The van der Waals surface area contributed by atoms with E-state index in [0.29, 0.717) is 6.07 Å². The van der Waals surface area contributed by atoms with Gasteiger partial charge in [0.05, 0.1) is 11.3 Å². The lowest BCUT2D eigenvalue weighted by Crippen LogP contribution is -2.22. The summed E-state index contributed by atoms with van der Waals surface area (Å²) in [6, 6.07) is 1.50. The number of hydrogen-bond acceptors (Lipinski definition) is 3. The minimum absolute atomic E-state index is 0.240. The van der Waals surface area contributed by atoms with Crippen molar-refractivity contribution in [3.8, 4) is 11.7 Å². The summed E-state index contributed by atoms with van der Waals surface area (Å²) in [5, 5.41) is 9.77. The fraction of sp³-hybridized carbons (Fsp3) is 0.273. The molecule has 0 unspecified atom stereocenters. The zero-order chi connectivity index (χ0) is 14.4. The average molecular weight is 273 g/mol. The first-order valence-corrected chi connectivity index (χ1v) is 5.24. The molecule has 0 bridgehead atoms. The number of pyridine rings is 1. The third-order valence-corrected chi connectivity index (χ3v) is 2.82. The number of aromatic nitrogens is 3. The van der Waals surface area contributed by atoms with Gasteiger partial charge in [-0.3, -0.25) is 4.57 Å². The van der Waals surface area contributed by atoms with Gasteiger partial charge in [-0.15, -0.1) is 0 Å². The lowest BCUT2D eigenvalue weighted by molar-refractivity contribution is -0.137. The van der Waals surface area contributed by atoms with Crippen molar-refractivity contribution in [3.05, 3.63) is 40.1 Å². The monoisotopic (exact) mass is 273 g/mol. The van der Waals surface area contributed by atoms with Gasteiger partial charge in [-0.1, -0.05) is 0 Å². The van der Waals surface area contributed by atoms with E-state index in [1.54, 1.807) is 0 Å². The molecule has 0 atom stereocenters. The Balaban J connectivity index is 2.68.